The van der Waals surface area contributed by atoms with Gasteiger partial charge in [0.15, 0.2) is 0 Å². The average Bonchev–Trinajstić information content (AvgIpc) is 2.45. The molecule has 0 saturated heterocycles. The molecule has 1 aromatic carbocycles. The predicted molar refractivity (Wildman–Crippen MR) is 72.4 cm³/mol. The highest BCUT2D eigenvalue weighted by Gasteiger charge is 2.18. The van der Waals surface area contributed by atoms with Crippen molar-refractivity contribution in [1.82, 2.24) is 9.97 Å². The molecule has 0 amide bonds. The number of nitrogens with zero attached hydrogens (tertiary/aromatic N) is 5. The zero-order chi connectivity index (χ0) is 15.6. The Morgan fingerprint density at radius 3 is 2.48 bits per heavy atom. The standard InChI is InChI=1S/C12H7N7O2/c13-4-7-3-6(1-2-9(7)19(20)21)10-8(5-14)11(15)18-12(16)17-10/h1-3H,(H4,15,16,17,18). The average molecular weight is 281 g/mol. The second-order valence-electron chi connectivity index (χ2n) is 3.90. The summed E-state index contributed by atoms with van der Waals surface area (Å²) in [6.45, 7) is 0. The van der Waals surface area contributed by atoms with E-state index in [0.717, 1.165) is 6.07 Å². The van der Waals surface area contributed by atoms with Crippen LogP contribution >= 0.6 is 0 Å². The topological polar surface area (TPSA) is 169 Å². The Balaban J connectivity index is 2.72. The van der Waals surface area contributed by atoms with E-state index in [9.17, 15) is 10.1 Å². The summed E-state index contributed by atoms with van der Waals surface area (Å²) in [6.07, 6.45) is 0. The van der Waals surface area contributed by atoms with Gasteiger partial charge < -0.3 is 11.5 Å². The van der Waals surface area contributed by atoms with Gasteiger partial charge in [-0.1, -0.05) is 0 Å². The summed E-state index contributed by atoms with van der Waals surface area (Å²) in [6, 6.07) is 7.33. The third-order valence-electron chi connectivity index (χ3n) is 2.65. The third-order valence-corrected chi connectivity index (χ3v) is 2.65. The minimum absolute atomic E-state index is 0.0121. The van der Waals surface area contributed by atoms with Crippen molar-refractivity contribution in [2.45, 2.75) is 0 Å². The SMILES string of the molecule is N#Cc1cc(-c2nc(N)nc(N)c2C#N)ccc1[N+](=O)[O-]. The molecule has 0 unspecified atom stereocenters. The summed E-state index contributed by atoms with van der Waals surface area (Å²) in [5.41, 5.74) is 11.0. The van der Waals surface area contributed by atoms with Gasteiger partial charge in [0.2, 0.25) is 5.95 Å². The molecule has 0 fully saturated rings. The van der Waals surface area contributed by atoms with E-state index < -0.39 is 4.92 Å². The fraction of sp³-hybridized carbons (Fsp3) is 0. The molecule has 2 rings (SSSR count). The van der Waals surface area contributed by atoms with E-state index in [0.29, 0.717) is 5.56 Å². The Morgan fingerprint density at radius 2 is 1.90 bits per heavy atom. The lowest BCUT2D eigenvalue weighted by Crippen LogP contribution is -2.05. The van der Waals surface area contributed by atoms with Gasteiger partial charge in [0.05, 0.1) is 10.6 Å². The number of nitrogens with two attached hydrogens (primary N) is 2. The smallest absolute Gasteiger partial charge is 0.287 e. The summed E-state index contributed by atoms with van der Waals surface area (Å²) in [7, 11) is 0. The van der Waals surface area contributed by atoms with Crippen LogP contribution in [0.4, 0.5) is 17.5 Å². The molecular formula is C12H7N7O2. The first kappa shape index (κ1) is 13.7. The van der Waals surface area contributed by atoms with Crippen molar-refractivity contribution in [3.05, 3.63) is 39.4 Å². The maximum atomic E-state index is 10.8. The van der Waals surface area contributed by atoms with Crippen LogP contribution in [-0.2, 0) is 0 Å². The Labute approximate surface area is 118 Å². The lowest BCUT2D eigenvalue weighted by molar-refractivity contribution is -0.385. The molecule has 0 bridgehead atoms. The summed E-state index contributed by atoms with van der Waals surface area (Å²) >= 11 is 0. The van der Waals surface area contributed by atoms with E-state index in [2.05, 4.69) is 9.97 Å². The molecule has 0 saturated carbocycles. The normalized spacial score (nSPS) is 9.62. The highest BCUT2D eigenvalue weighted by Crippen LogP contribution is 2.29. The number of hydrogen-bond acceptors (Lipinski definition) is 8. The minimum Gasteiger partial charge on any atom is -0.382 e. The number of nitriles is 2. The van der Waals surface area contributed by atoms with Crippen LogP contribution in [-0.4, -0.2) is 14.9 Å². The maximum absolute atomic E-state index is 10.8. The molecule has 9 heteroatoms. The Hall–Kier alpha value is -3.72. The molecule has 0 radical (unpaired) electrons. The molecule has 0 spiro atoms. The van der Waals surface area contributed by atoms with Crippen LogP contribution in [0.1, 0.15) is 11.1 Å². The number of rotatable bonds is 2. The molecule has 0 aliphatic carbocycles. The zero-order valence-electron chi connectivity index (χ0n) is 10.4. The number of benzene rings is 1. The molecule has 102 valence electrons. The molecule has 1 aromatic heterocycles. The Morgan fingerprint density at radius 1 is 1.19 bits per heavy atom. The predicted octanol–water partition coefficient (Wildman–Crippen LogP) is 0.960. The minimum atomic E-state index is -0.670. The van der Waals surface area contributed by atoms with Crippen molar-refractivity contribution in [3.8, 4) is 23.4 Å². The van der Waals surface area contributed by atoms with Gasteiger partial charge in [0, 0.05) is 11.6 Å². The molecular weight excluding hydrogens is 274 g/mol. The molecule has 21 heavy (non-hydrogen) atoms. The highest BCUT2D eigenvalue weighted by atomic mass is 16.6. The van der Waals surface area contributed by atoms with Crippen molar-refractivity contribution < 1.29 is 4.92 Å². The number of nitro groups is 1. The van der Waals surface area contributed by atoms with Crippen molar-refractivity contribution in [3.63, 3.8) is 0 Å². The van der Waals surface area contributed by atoms with Crippen LogP contribution in [0.5, 0.6) is 0 Å². The van der Waals surface area contributed by atoms with Gasteiger partial charge in [0.25, 0.3) is 5.69 Å². The van der Waals surface area contributed by atoms with E-state index in [1.54, 1.807) is 6.07 Å². The largest absolute Gasteiger partial charge is 0.382 e. The van der Waals surface area contributed by atoms with Crippen LogP contribution in [0.25, 0.3) is 11.3 Å². The van der Waals surface area contributed by atoms with E-state index in [1.807, 2.05) is 6.07 Å². The van der Waals surface area contributed by atoms with Crippen LogP contribution in [0.15, 0.2) is 18.2 Å². The Bertz CT molecular complexity index is 833. The Kier molecular flexibility index (Phi) is 3.33. The first-order valence-corrected chi connectivity index (χ1v) is 5.50. The molecule has 4 N–H and O–H groups in total. The van der Waals surface area contributed by atoms with E-state index in [-0.39, 0.29) is 34.3 Å². The highest BCUT2D eigenvalue weighted by molar-refractivity contribution is 5.75. The van der Waals surface area contributed by atoms with Crippen LogP contribution < -0.4 is 11.5 Å². The van der Waals surface area contributed by atoms with Gasteiger partial charge in [-0.2, -0.15) is 15.5 Å². The van der Waals surface area contributed by atoms with E-state index in [1.165, 1.54) is 12.1 Å². The fourth-order valence-electron chi connectivity index (χ4n) is 1.75. The van der Waals surface area contributed by atoms with Crippen molar-refractivity contribution in [2.75, 3.05) is 11.5 Å². The number of anilines is 2. The zero-order valence-corrected chi connectivity index (χ0v) is 10.4. The molecule has 2 aromatic rings. The number of aromatic nitrogens is 2. The first-order valence-electron chi connectivity index (χ1n) is 5.50. The summed E-state index contributed by atoms with van der Waals surface area (Å²) < 4.78 is 0. The maximum Gasteiger partial charge on any atom is 0.287 e. The van der Waals surface area contributed by atoms with Gasteiger partial charge >= 0.3 is 0 Å². The van der Waals surface area contributed by atoms with Gasteiger partial charge in [-0.3, -0.25) is 10.1 Å². The summed E-state index contributed by atoms with van der Waals surface area (Å²) in [4.78, 5) is 17.7. The van der Waals surface area contributed by atoms with Crippen molar-refractivity contribution >= 4 is 17.5 Å². The van der Waals surface area contributed by atoms with Gasteiger partial charge in [-0.15, -0.1) is 0 Å². The number of hydrogen-bond donors (Lipinski definition) is 2. The quantitative estimate of drug-likeness (QED) is 0.605. The third kappa shape index (κ3) is 2.39. The molecule has 0 aliphatic rings. The second-order valence-corrected chi connectivity index (χ2v) is 3.90. The summed E-state index contributed by atoms with van der Waals surface area (Å²) in [5.74, 6) is -0.241. The molecule has 1 heterocycles. The lowest BCUT2D eigenvalue weighted by Gasteiger charge is -2.07. The number of nitro benzene ring substituents is 1. The fourth-order valence-corrected chi connectivity index (χ4v) is 1.75. The van der Waals surface area contributed by atoms with Crippen LogP contribution in [0.3, 0.4) is 0 Å². The van der Waals surface area contributed by atoms with Gasteiger partial charge in [0.1, 0.15) is 29.1 Å². The first-order chi connectivity index (χ1) is 9.97. The van der Waals surface area contributed by atoms with Gasteiger partial charge in [-0.05, 0) is 12.1 Å². The molecule has 0 atom stereocenters. The van der Waals surface area contributed by atoms with Crippen molar-refractivity contribution in [2.24, 2.45) is 0 Å². The van der Waals surface area contributed by atoms with Crippen molar-refractivity contribution in [1.29, 1.82) is 10.5 Å². The van der Waals surface area contributed by atoms with E-state index in [4.69, 9.17) is 22.0 Å². The second kappa shape index (κ2) is 5.11. The van der Waals surface area contributed by atoms with Crippen LogP contribution in [0.2, 0.25) is 0 Å². The number of nitrogen functional groups attached to an aromatic ring is 2. The monoisotopic (exact) mass is 281 g/mol. The summed E-state index contributed by atoms with van der Waals surface area (Å²) in [5, 5.41) is 28.9. The lowest BCUT2D eigenvalue weighted by atomic mass is 10.0. The molecule has 0 aliphatic heterocycles. The van der Waals surface area contributed by atoms with E-state index >= 15 is 0 Å². The van der Waals surface area contributed by atoms with Crippen LogP contribution in [0, 0.1) is 32.8 Å². The molecule has 9 nitrogen and oxygen atoms in total. The van der Waals surface area contributed by atoms with Gasteiger partial charge in [-0.25, -0.2) is 4.98 Å².